The summed E-state index contributed by atoms with van der Waals surface area (Å²) in [5.41, 5.74) is 3.66. The Kier molecular flexibility index (Phi) is 5.86. The molecule has 11 nitrogen and oxygen atoms in total. The van der Waals surface area contributed by atoms with Crippen LogP contribution in [0.1, 0.15) is 11.3 Å². The first-order valence-corrected chi connectivity index (χ1v) is 12.2. The molecule has 6 N–H and O–H groups in total. The molecule has 4 aliphatic heterocycles. The molecular weight excluding hydrogens is 484 g/mol. The summed E-state index contributed by atoms with van der Waals surface area (Å²) < 4.78 is 16.8. The van der Waals surface area contributed by atoms with E-state index in [9.17, 15) is 30.3 Å². The Bertz CT molecular complexity index is 1310. The number of para-hydroxylation sites is 1. The Morgan fingerprint density at radius 2 is 1.95 bits per heavy atom. The molecule has 0 bridgehead atoms. The van der Waals surface area contributed by atoms with Crippen molar-refractivity contribution < 1.29 is 44.5 Å². The Morgan fingerprint density at radius 3 is 2.70 bits per heavy atom. The highest BCUT2D eigenvalue weighted by Crippen LogP contribution is 2.46. The van der Waals surface area contributed by atoms with Crippen molar-refractivity contribution in [2.24, 2.45) is 11.8 Å². The van der Waals surface area contributed by atoms with Gasteiger partial charge in [-0.2, -0.15) is 0 Å². The van der Waals surface area contributed by atoms with Gasteiger partial charge in [0.15, 0.2) is 6.29 Å². The predicted octanol–water partition coefficient (Wildman–Crippen LogP) is 0.268. The Morgan fingerprint density at radius 1 is 1.16 bits per heavy atom. The van der Waals surface area contributed by atoms with Gasteiger partial charge >= 0.3 is 0 Å². The Labute approximate surface area is 211 Å². The van der Waals surface area contributed by atoms with Crippen molar-refractivity contribution in [3.63, 3.8) is 0 Å². The third-order valence-corrected chi connectivity index (χ3v) is 7.67. The minimum Gasteiger partial charge on any atom is -0.481 e. The molecule has 11 heteroatoms. The van der Waals surface area contributed by atoms with Gasteiger partial charge in [-0.15, -0.1) is 6.58 Å². The van der Waals surface area contributed by atoms with Crippen LogP contribution in [0.3, 0.4) is 0 Å². The molecule has 4 aliphatic rings. The van der Waals surface area contributed by atoms with Crippen LogP contribution in [0.2, 0.25) is 0 Å². The van der Waals surface area contributed by atoms with E-state index < -0.39 is 61.4 Å². The molecule has 0 aliphatic carbocycles. The first-order chi connectivity index (χ1) is 17.8. The van der Waals surface area contributed by atoms with E-state index >= 15 is 0 Å². The standard InChI is InChI=1S/C26H28N2O9/c1-2-11-14-9-16-19-13(12-5-3-4-6-15(12)27-19)7-8-28(16)23(33)18(14)24(34)36-25(11)37-26-22(32)21(31)20(30)17(10-29)35-26/h2-6,9,11,14,17,20-22,25-27,29-32,34H,1,7-8,10H2/t11-,14-,17+,20-,21-,22+,25-,26-/m0/s1. The van der Waals surface area contributed by atoms with E-state index in [-0.39, 0.29) is 11.5 Å². The van der Waals surface area contributed by atoms with Gasteiger partial charge in [0, 0.05) is 23.4 Å². The summed E-state index contributed by atoms with van der Waals surface area (Å²) in [5, 5.41) is 51.9. The van der Waals surface area contributed by atoms with Gasteiger partial charge in [0.05, 0.1) is 23.9 Å². The number of aromatic amines is 1. The topological polar surface area (TPSA) is 165 Å². The summed E-state index contributed by atoms with van der Waals surface area (Å²) in [7, 11) is 0. The van der Waals surface area contributed by atoms with Crippen molar-refractivity contribution in [1.82, 2.24) is 9.88 Å². The minimum atomic E-state index is -1.66. The van der Waals surface area contributed by atoms with Crippen LogP contribution in [0.25, 0.3) is 16.6 Å². The number of hydrogen-bond acceptors (Lipinski definition) is 9. The highest BCUT2D eigenvalue weighted by Gasteiger charge is 2.50. The Balaban J connectivity index is 1.36. The fourth-order valence-electron chi connectivity index (χ4n) is 5.73. The number of fused-ring (bicyclic) bond motifs is 6. The number of hydrogen-bond donors (Lipinski definition) is 6. The van der Waals surface area contributed by atoms with E-state index in [4.69, 9.17) is 14.2 Å². The van der Waals surface area contributed by atoms with Crippen LogP contribution < -0.4 is 0 Å². The maximum absolute atomic E-state index is 13.5. The van der Waals surface area contributed by atoms with Crippen LogP contribution in [-0.2, 0) is 25.4 Å². The summed E-state index contributed by atoms with van der Waals surface area (Å²) in [6, 6.07) is 7.92. The van der Waals surface area contributed by atoms with Crippen molar-refractivity contribution in [2.45, 2.75) is 43.4 Å². The second kappa shape index (κ2) is 8.98. The third kappa shape index (κ3) is 3.62. The van der Waals surface area contributed by atoms with Gasteiger partial charge in [-0.25, -0.2) is 0 Å². The summed E-state index contributed by atoms with van der Waals surface area (Å²) in [5.74, 6) is -2.35. The number of ether oxygens (including phenoxy) is 3. The largest absolute Gasteiger partial charge is 0.481 e. The van der Waals surface area contributed by atoms with E-state index in [0.717, 1.165) is 22.2 Å². The zero-order valence-electron chi connectivity index (χ0n) is 19.7. The molecule has 2 aromatic rings. The number of aromatic nitrogens is 1. The monoisotopic (exact) mass is 512 g/mol. The van der Waals surface area contributed by atoms with Crippen LogP contribution >= 0.6 is 0 Å². The number of carbonyl (C=O) groups is 1. The fourth-order valence-corrected chi connectivity index (χ4v) is 5.73. The maximum atomic E-state index is 13.5. The van der Waals surface area contributed by atoms with Crippen LogP contribution in [0.5, 0.6) is 0 Å². The summed E-state index contributed by atoms with van der Waals surface area (Å²) in [4.78, 5) is 18.6. The van der Waals surface area contributed by atoms with E-state index in [0.29, 0.717) is 18.7 Å². The highest BCUT2D eigenvalue weighted by atomic mass is 16.8. The number of carbonyl (C=O) groups excluding carboxylic acids is 1. The van der Waals surface area contributed by atoms with Gasteiger partial charge < -0.3 is 49.6 Å². The summed E-state index contributed by atoms with van der Waals surface area (Å²) in [6.45, 7) is 3.68. The van der Waals surface area contributed by atoms with Gasteiger partial charge in [0.1, 0.15) is 30.0 Å². The van der Waals surface area contributed by atoms with Crippen LogP contribution in [0.4, 0.5) is 0 Å². The molecule has 37 heavy (non-hydrogen) atoms. The highest BCUT2D eigenvalue weighted by molar-refractivity contribution is 6.04. The zero-order valence-corrected chi connectivity index (χ0v) is 19.7. The number of H-pyrrole nitrogens is 1. The number of aliphatic hydroxyl groups is 5. The lowest BCUT2D eigenvalue weighted by Gasteiger charge is -2.45. The van der Waals surface area contributed by atoms with Crippen molar-refractivity contribution in [3.05, 3.63) is 65.8 Å². The van der Waals surface area contributed by atoms with Gasteiger partial charge in [-0.05, 0) is 24.1 Å². The van der Waals surface area contributed by atoms with Crippen LogP contribution in [0, 0.1) is 11.8 Å². The minimum absolute atomic E-state index is 0.0712. The smallest absolute Gasteiger partial charge is 0.288 e. The molecule has 1 fully saturated rings. The molecule has 0 radical (unpaired) electrons. The molecule has 1 aromatic heterocycles. The van der Waals surface area contributed by atoms with E-state index in [1.165, 1.54) is 6.08 Å². The van der Waals surface area contributed by atoms with E-state index in [2.05, 4.69) is 11.6 Å². The molecule has 1 amide bonds. The van der Waals surface area contributed by atoms with Gasteiger partial charge in [-0.1, -0.05) is 24.3 Å². The third-order valence-electron chi connectivity index (χ3n) is 7.67. The Hall–Kier alpha value is -3.19. The first kappa shape index (κ1) is 24.2. The van der Waals surface area contributed by atoms with Crippen LogP contribution in [0.15, 0.2) is 54.5 Å². The number of nitrogens with zero attached hydrogens (tertiary/aromatic N) is 1. The molecule has 1 saturated heterocycles. The number of allylic oxidation sites excluding steroid dienone is 1. The van der Waals surface area contributed by atoms with Crippen molar-refractivity contribution in [3.8, 4) is 0 Å². The molecule has 6 rings (SSSR count). The number of aliphatic hydroxyl groups excluding tert-OH is 5. The van der Waals surface area contributed by atoms with Gasteiger partial charge in [0.2, 0.25) is 6.29 Å². The van der Waals surface area contributed by atoms with E-state index in [1.54, 1.807) is 4.90 Å². The van der Waals surface area contributed by atoms with Crippen molar-refractivity contribution in [1.29, 1.82) is 0 Å². The SMILES string of the molecule is C=C[C@@H]1[C@H](O[C@@H]2O[C@H](CO)[C@H](O)[C@H](O)[C@H]2O)OC(O)=C2C(=O)N3CCc4c([nH]c5ccccc45)C3=C[C@H]21. The summed E-state index contributed by atoms with van der Waals surface area (Å²) in [6.07, 6.45) is -4.72. The average Bonchev–Trinajstić information content (AvgIpc) is 3.28. The van der Waals surface area contributed by atoms with Crippen molar-refractivity contribution in [2.75, 3.05) is 13.2 Å². The fraction of sp³-hybridized carbons (Fsp3) is 0.423. The molecule has 0 unspecified atom stereocenters. The van der Waals surface area contributed by atoms with Crippen molar-refractivity contribution >= 4 is 22.5 Å². The van der Waals surface area contributed by atoms with Crippen LogP contribution in [-0.4, -0.2) is 91.5 Å². The average molecular weight is 513 g/mol. The normalized spacial score (nSPS) is 35.4. The second-order valence-corrected chi connectivity index (χ2v) is 9.66. The lowest BCUT2D eigenvalue weighted by atomic mass is 9.79. The molecular formula is C26H28N2O9. The number of amides is 1. The molecule has 0 spiro atoms. The molecule has 5 heterocycles. The molecule has 1 aromatic carbocycles. The first-order valence-electron chi connectivity index (χ1n) is 12.2. The van der Waals surface area contributed by atoms with Gasteiger partial charge in [-0.3, -0.25) is 4.79 Å². The lowest BCUT2D eigenvalue weighted by Crippen LogP contribution is -2.60. The zero-order chi connectivity index (χ0) is 26.0. The molecule has 0 saturated carbocycles. The summed E-state index contributed by atoms with van der Waals surface area (Å²) >= 11 is 0. The number of nitrogens with one attached hydrogen (secondary N) is 1. The quantitative estimate of drug-likeness (QED) is 0.315. The second-order valence-electron chi connectivity index (χ2n) is 9.66. The predicted molar refractivity (Wildman–Crippen MR) is 128 cm³/mol. The lowest BCUT2D eigenvalue weighted by molar-refractivity contribution is -0.344. The maximum Gasteiger partial charge on any atom is 0.288 e. The van der Waals surface area contributed by atoms with E-state index in [1.807, 2.05) is 30.3 Å². The number of benzene rings is 1. The number of rotatable bonds is 4. The molecule has 8 atom stereocenters. The molecule has 196 valence electrons. The van der Waals surface area contributed by atoms with Gasteiger partial charge in [0.25, 0.3) is 11.9 Å².